The van der Waals surface area contributed by atoms with Crippen LogP contribution >= 0.6 is 0 Å². The third kappa shape index (κ3) is 8.84. The summed E-state index contributed by atoms with van der Waals surface area (Å²) in [4.78, 5) is 0. The topological polar surface area (TPSA) is 0 Å². The van der Waals surface area contributed by atoms with E-state index in [9.17, 15) is 0 Å². The van der Waals surface area contributed by atoms with Crippen LogP contribution in [-0.2, 0) is 6.42 Å². The van der Waals surface area contributed by atoms with Crippen LogP contribution in [0.15, 0.2) is 78.9 Å². The second-order valence-corrected chi connectivity index (χ2v) is 14.0. The Labute approximate surface area is 258 Å². The molecule has 0 aromatic heterocycles. The molecule has 0 aliphatic heterocycles. The largest absolute Gasteiger partial charge is 0.0654 e. The molecule has 0 radical (unpaired) electrons. The molecule has 42 heavy (non-hydrogen) atoms. The zero-order valence-corrected chi connectivity index (χ0v) is 26.9. The van der Waals surface area contributed by atoms with Gasteiger partial charge in [-0.3, -0.25) is 0 Å². The number of hydrogen-bond acceptors (Lipinski definition) is 0. The van der Waals surface area contributed by atoms with Gasteiger partial charge < -0.3 is 0 Å². The zero-order valence-electron chi connectivity index (χ0n) is 26.9. The van der Waals surface area contributed by atoms with Gasteiger partial charge in [0.15, 0.2) is 0 Å². The molecule has 3 aromatic carbocycles. The summed E-state index contributed by atoms with van der Waals surface area (Å²) in [6.45, 7) is 4.64. The Morgan fingerprint density at radius 2 is 0.952 bits per heavy atom. The van der Waals surface area contributed by atoms with Crippen molar-refractivity contribution >= 4 is 0 Å². The Bertz CT molecular complexity index is 1120. The highest BCUT2D eigenvalue weighted by atomic mass is 14.3. The molecule has 226 valence electrons. The van der Waals surface area contributed by atoms with Crippen LogP contribution in [0.1, 0.15) is 162 Å². The third-order valence-electron chi connectivity index (χ3n) is 11.0. The summed E-state index contributed by atoms with van der Waals surface area (Å²) in [6.07, 6.45) is 23.6. The maximum Gasteiger partial charge on any atom is 0.0130 e. The molecule has 2 aliphatic carbocycles. The summed E-state index contributed by atoms with van der Waals surface area (Å²) >= 11 is 0. The van der Waals surface area contributed by atoms with Gasteiger partial charge in [0.25, 0.3) is 0 Å². The average molecular weight is 563 g/mol. The molecule has 0 bridgehead atoms. The summed E-state index contributed by atoms with van der Waals surface area (Å²) in [6, 6.07) is 30.8. The summed E-state index contributed by atoms with van der Waals surface area (Å²) in [5, 5.41) is 0. The van der Waals surface area contributed by atoms with Crippen LogP contribution in [0.25, 0.3) is 0 Å². The minimum absolute atomic E-state index is 0.402. The van der Waals surface area contributed by atoms with Gasteiger partial charge in [-0.1, -0.05) is 144 Å². The third-order valence-corrected chi connectivity index (χ3v) is 11.0. The van der Waals surface area contributed by atoms with Gasteiger partial charge in [0.2, 0.25) is 0 Å². The lowest BCUT2D eigenvalue weighted by Crippen LogP contribution is -2.14. The maximum absolute atomic E-state index is 2.47. The fourth-order valence-corrected chi connectivity index (χ4v) is 8.21. The molecule has 3 aromatic rings. The van der Waals surface area contributed by atoms with Crippen LogP contribution in [0.3, 0.4) is 0 Å². The fraction of sp³-hybridized carbons (Fsp3) is 0.571. The molecule has 1 atom stereocenters. The van der Waals surface area contributed by atoms with Crippen LogP contribution in [0.5, 0.6) is 0 Å². The van der Waals surface area contributed by atoms with Crippen LogP contribution in [0.4, 0.5) is 0 Å². The molecule has 2 aliphatic rings. The Hall–Kier alpha value is -2.34. The van der Waals surface area contributed by atoms with E-state index < -0.39 is 0 Å². The highest BCUT2D eigenvalue weighted by molar-refractivity contribution is 5.38. The molecule has 1 unspecified atom stereocenters. The van der Waals surface area contributed by atoms with Crippen molar-refractivity contribution in [1.29, 1.82) is 0 Å². The molecule has 2 fully saturated rings. The van der Waals surface area contributed by atoms with Gasteiger partial charge in [0.1, 0.15) is 0 Å². The Morgan fingerprint density at radius 1 is 0.500 bits per heavy atom. The minimum Gasteiger partial charge on any atom is -0.0654 e. The molecular weight excluding hydrogens is 504 g/mol. The molecule has 0 N–H and O–H groups in total. The summed E-state index contributed by atoms with van der Waals surface area (Å²) in [5.74, 6) is 3.89. The summed E-state index contributed by atoms with van der Waals surface area (Å²) in [5.41, 5.74) is 7.51. The Balaban J connectivity index is 1.20. The van der Waals surface area contributed by atoms with Crippen molar-refractivity contribution in [1.82, 2.24) is 0 Å². The van der Waals surface area contributed by atoms with E-state index in [4.69, 9.17) is 0 Å². The first-order valence-electron chi connectivity index (χ1n) is 18.0. The van der Waals surface area contributed by atoms with E-state index in [0.717, 1.165) is 30.1 Å². The highest BCUT2D eigenvalue weighted by Gasteiger charge is 2.24. The van der Waals surface area contributed by atoms with E-state index >= 15 is 0 Å². The zero-order chi connectivity index (χ0) is 29.0. The van der Waals surface area contributed by atoms with Crippen molar-refractivity contribution in [2.45, 2.75) is 141 Å². The van der Waals surface area contributed by atoms with Crippen LogP contribution in [0.2, 0.25) is 0 Å². The van der Waals surface area contributed by atoms with E-state index in [-0.39, 0.29) is 0 Å². The summed E-state index contributed by atoms with van der Waals surface area (Å²) in [7, 11) is 0. The Kier molecular flexibility index (Phi) is 12.2. The van der Waals surface area contributed by atoms with Gasteiger partial charge in [-0.2, -0.15) is 0 Å². The Morgan fingerprint density at radius 3 is 1.43 bits per heavy atom. The van der Waals surface area contributed by atoms with Gasteiger partial charge in [-0.05, 0) is 109 Å². The summed E-state index contributed by atoms with van der Waals surface area (Å²) < 4.78 is 0. The lowest BCUT2D eigenvalue weighted by molar-refractivity contribution is 0.303. The predicted molar refractivity (Wildman–Crippen MR) is 183 cm³/mol. The molecule has 5 rings (SSSR count). The number of unbranched alkanes of at least 4 members (excludes halogenated alkanes) is 4. The number of benzene rings is 3. The highest BCUT2D eigenvalue weighted by Crippen LogP contribution is 2.40. The lowest BCUT2D eigenvalue weighted by atomic mass is 9.76. The van der Waals surface area contributed by atoms with Crippen molar-refractivity contribution in [2.75, 3.05) is 0 Å². The van der Waals surface area contributed by atoms with Crippen LogP contribution in [-0.4, -0.2) is 0 Å². The van der Waals surface area contributed by atoms with Gasteiger partial charge in [0.05, 0.1) is 0 Å². The molecule has 0 heteroatoms. The second-order valence-electron chi connectivity index (χ2n) is 14.0. The lowest BCUT2D eigenvalue weighted by Gasteiger charge is -2.29. The van der Waals surface area contributed by atoms with Crippen LogP contribution < -0.4 is 0 Å². The van der Waals surface area contributed by atoms with Gasteiger partial charge in [-0.15, -0.1) is 0 Å². The molecule has 0 saturated heterocycles. The smallest absolute Gasteiger partial charge is 0.0130 e. The van der Waals surface area contributed by atoms with Gasteiger partial charge in [0, 0.05) is 5.92 Å². The first-order valence-corrected chi connectivity index (χ1v) is 18.0. The van der Waals surface area contributed by atoms with Gasteiger partial charge >= 0.3 is 0 Å². The normalized spacial score (nSPS) is 23.5. The molecule has 0 nitrogen and oxygen atoms in total. The van der Waals surface area contributed by atoms with E-state index in [0.29, 0.717) is 5.92 Å². The molecular formula is C42H58. The molecule has 0 heterocycles. The van der Waals surface area contributed by atoms with Crippen molar-refractivity contribution < 1.29 is 0 Å². The maximum atomic E-state index is 2.47. The number of rotatable bonds is 14. The fourth-order valence-electron chi connectivity index (χ4n) is 8.21. The SMILES string of the molecule is CCCCCC1CCC(c2ccc(CC(c3ccccc3)c3ccc(C4CCC(CCCCC)CC4)cc3)cc2)CC1. The standard InChI is InChI=1S/C42H58/c1-3-5-8-12-33-16-22-36(23-17-33)38-26-20-35(21-27-38)32-42(40-14-10-7-11-15-40)41-30-28-39(29-31-41)37-24-18-34(19-25-37)13-9-6-4-2/h7,10-11,14-15,20-21,26-31,33-34,36-37,42H,3-6,8-9,12-13,16-19,22-25,32H2,1-2H3. The van der Waals surface area contributed by atoms with E-state index in [1.54, 1.807) is 11.1 Å². The van der Waals surface area contributed by atoms with Crippen molar-refractivity contribution in [3.05, 3.63) is 107 Å². The monoisotopic (exact) mass is 562 g/mol. The van der Waals surface area contributed by atoms with Gasteiger partial charge in [-0.25, -0.2) is 0 Å². The minimum atomic E-state index is 0.402. The predicted octanol–water partition coefficient (Wildman–Crippen LogP) is 12.8. The van der Waals surface area contributed by atoms with Crippen molar-refractivity contribution in [3.63, 3.8) is 0 Å². The molecule has 0 spiro atoms. The second kappa shape index (κ2) is 16.5. The number of hydrogen-bond donors (Lipinski definition) is 0. The van der Waals surface area contributed by atoms with Crippen molar-refractivity contribution in [3.8, 4) is 0 Å². The first-order chi connectivity index (χ1) is 20.7. The van der Waals surface area contributed by atoms with Crippen LogP contribution in [0, 0.1) is 11.8 Å². The first kappa shape index (κ1) is 31.1. The van der Waals surface area contributed by atoms with Crippen molar-refractivity contribution in [2.24, 2.45) is 11.8 Å². The van der Waals surface area contributed by atoms with E-state index in [1.807, 2.05) is 0 Å². The molecule has 2 saturated carbocycles. The van der Waals surface area contributed by atoms with E-state index in [1.165, 1.54) is 119 Å². The van der Waals surface area contributed by atoms with E-state index in [2.05, 4.69) is 92.7 Å². The quantitative estimate of drug-likeness (QED) is 0.171. The molecule has 0 amide bonds. The average Bonchev–Trinajstić information content (AvgIpc) is 3.05.